The monoisotopic (exact) mass is 412 g/mol. The van der Waals surface area contributed by atoms with Gasteiger partial charge in [0.25, 0.3) is 0 Å². The van der Waals surface area contributed by atoms with Crippen LogP contribution in [0.4, 0.5) is 8.78 Å². The number of hydrogen-bond acceptors (Lipinski definition) is 2. The quantitative estimate of drug-likeness (QED) is 0.657. The second kappa shape index (κ2) is 5.42. The van der Waals surface area contributed by atoms with Gasteiger partial charge in [0.05, 0.1) is 0 Å². The van der Waals surface area contributed by atoms with E-state index in [0.29, 0.717) is 11.1 Å². The van der Waals surface area contributed by atoms with Crippen LogP contribution in [0.3, 0.4) is 0 Å². The molecule has 0 aliphatic carbocycles. The van der Waals surface area contributed by atoms with Crippen LogP contribution in [0.25, 0.3) is 0 Å². The van der Waals surface area contributed by atoms with E-state index in [1.807, 2.05) is 0 Å². The Kier molecular flexibility index (Phi) is 3.75. The molecule has 0 atom stereocenters. The van der Waals surface area contributed by atoms with E-state index < -0.39 is 5.92 Å². The summed E-state index contributed by atoms with van der Waals surface area (Å²) in [7, 11) is 0. The van der Waals surface area contributed by atoms with Crippen LogP contribution in [0.1, 0.15) is 11.1 Å². The summed E-state index contributed by atoms with van der Waals surface area (Å²) in [5.41, 5.74) is 0.0685. The van der Waals surface area contributed by atoms with Gasteiger partial charge >= 0.3 is 5.92 Å². The Hall–Kier alpha value is -1.40. The van der Waals surface area contributed by atoms with Gasteiger partial charge in [-0.1, -0.05) is 56.1 Å². The maximum Gasteiger partial charge on any atom is 0.336 e. The number of halogens is 4. The summed E-state index contributed by atoms with van der Waals surface area (Å²) in [5.74, 6) is -3.21. The summed E-state index contributed by atoms with van der Waals surface area (Å²) in [5, 5.41) is 7.39. The summed E-state index contributed by atoms with van der Waals surface area (Å²) in [6.07, 6.45) is 0. The molecule has 106 valence electrons. The lowest BCUT2D eigenvalue weighted by Crippen LogP contribution is -2.35. The van der Waals surface area contributed by atoms with Gasteiger partial charge in [-0.15, -0.1) is 10.2 Å². The molecule has 2 nitrogen and oxygen atoms in total. The van der Waals surface area contributed by atoms with E-state index in [-0.39, 0.29) is 11.4 Å². The Morgan fingerprint density at radius 2 is 1.00 bits per heavy atom. The lowest BCUT2D eigenvalue weighted by atomic mass is 9.97. The van der Waals surface area contributed by atoms with E-state index in [1.54, 1.807) is 48.5 Å². The van der Waals surface area contributed by atoms with Crippen molar-refractivity contribution in [2.75, 3.05) is 0 Å². The molecule has 21 heavy (non-hydrogen) atoms. The second-order valence-corrected chi connectivity index (χ2v) is 6.32. The molecular weight excluding hydrogens is 406 g/mol. The first-order valence-electron chi connectivity index (χ1n) is 6.05. The van der Waals surface area contributed by atoms with Gasteiger partial charge in [0.1, 0.15) is 11.4 Å². The first-order valence-corrected chi connectivity index (χ1v) is 7.63. The van der Waals surface area contributed by atoms with Crippen molar-refractivity contribution in [1.29, 1.82) is 0 Å². The fourth-order valence-electron chi connectivity index (χ4n) is 2.03. The van der Waals surface area contributed by atoms with Gasteiger partial charge in [-0.25, -0.2) is 0 Å². The predicted octanol–water partition coefficient (Wildman–Crippen LogP) is 5.05. The SMILES string of the molecule is FC1(F)C(c2ccc(Br)cc2)=NN=C1c1ccc(Br)cc1. The van der Waals surface area contributed by atoms with E-state index in [9.17, 15) is 8.78 Å². The van der Waals surface area contributed by atoms with Gasteiger partial charge in [0.15, 0.2) is 0 Å². The summed E-state index contributed by atoms with van der Waals surface area (Å²) in [6, 6.07) is 13.2. The van der Waals surface area contributed by atoms with Crippen molar-refractivity contribution in [2.24, 2.45) is 10.2 Å². The largest absolute Gasteiger partial charge is 0.336 e. The molecule has 0 N–H and O–H groups in total. The summed E-state index contributed by atoms with van der Waals surface area (Å²) < 4.78 is 30.8. The van der Waals surface area contributed by atoms with E-state index in [1.165, 1.54) is 0 Å². The molecule has 3 rings (SSSR count). The number of alkyl halides is 2. The Labute approximate surface area is 136 Å². The minimum absolute atomic E-state index is 0.326. The van der Waals surface area contributed by atoms with E-state index in [0.717, 1.165) is 8.95 Å². The molecule has 0 bridgehead atoms. The fraction of sp³-hybridized carbons (Fsp3) is 0.0667. The van der Waals surface area contributed by atoms with Gasteiger partial charge in [-0.2, -0.15) is 8.78 Å². The van der Waals surface area contributed by atoms with Crippen molar-refractivity contribution < 1.29 is 8.78 Å². The maximum absolute atomic E-state index is 14.6. The molecule has 0 saturated heterocycles. The van der Waals surface area contributed by atoms with Crippen molar-refractivity contribution in [3.05, 3.63) is 68.6 Å². The van der Waals surface area contributed by atoms with Gasteiger partial charge in [0, 0.05) is 20.1 Å². The van der Waals surface area contributed by atoms with E-state index >= 15 is 0 Å². The van der Waals surface area contributed by atoms with Gasteiger partial charge in [0.2, 0.25) is 0 Å². The second-order valence-electron chi connectivity index (χ2n) is 4.49. The van der Waals surface area contributed by atoms with Crippen molar-refractivity contribution in [2.45, 2.75) is 5.92 Å². The summed E-state index contributed by atoms with van der Waals surface area (Å²) >= 11 is 6.55. The maximum atomic E-state index is 14.6. The molecule has 6 heteroatoms. The molecule has 0 aromatic heterocycles. The Bertz CT molecular complexity index is 672. The molecule has 0 amide bonds. The average Bonchev–Trinajstić information content (AvgIpc) is 2.76. The van der Waals surface area contributed by atoms with Gasteiger partial charge < -0.3 is 0 Å². The number of rotatable bonds is 2. The molecule has 0 fully saturated rings. The third-order valence-electron chi connectivity index (χ3n) is 3.08. The predicted molar refractivity (Wildman–Crippen MR) is 86.3 cm³/mol. The van der Waals surface area contributed by atoms with Crippen LogP contribution in [0, 0.1) is 0 Å². The van der Waals surface area contributed by atoms with Crippen molar-refractivity contribution >= 4 is 43.3 Å². The van der Waals surface area contributed by atoms with Crippen molar-refractivity contribution in [3.63, 3.8) is 0 Å². The number of benzene rings is 2. The zero-order valence-corrected chi connectivity index (χ0v) is 13.7. The zero-order valence-electron chi connectivity index (χ0n) is 10.5. The normalized spacial score (nSPS) is 16.6. The Morgan fingerprint density at radius 1 is 0.667 bits per heavy atom. The smallest absolute Gasteiger partial charge is 0.192 e. The molecule has 0 saturated carbocycles. The van der Waals surface area contributed by atoms with Gasteiger partial charge in [-0.3, -0.25) is 0 Å². The third kappa shape index (κ3) is 2.70. The standard InChI is InChI=1S/C15H8Br2F2N2/c16-11-5-1-9(2-6-11)13-15(18,19)14(21-20-13)10-3-7-12(17)8-4-10/h1-8H. The van der Waals surface area contributed by atoms with Crippen molar-refractivity contribution in [3.8, 4) is 0 Å². The molecule has 2 aromatic rings. The van der Waals surface area contributed by atoms with Crippen LogP contribution >= 0.6 is 31.9 Å². The molecule has 0 unspecified atom stereocenters. The van der Waals surface area contributed by atoms with Crippen LogP contribution in [-0.4, -0.2) is 17.3 Å². The third-order valence-corrected chi connectivity index (χ3v) is 4.14. The number of hydrogen-bond donors (Lipinski definition) is 0. The topological polar surface area (TPSA) is 24.7 Å². The average molecular weight is 414 g/mol. The zero-order chi connectivity index (χ0) is 15.0. The lowest BCUT2D eigenvalue weighted by Gasteiger charge is -2.15. The summed E-state index contributed by atoms with van der Waals surface area (Å²) in [4.78, 5) is 0. The molecule has 1 heterocycles. The number of nitrogens with zero attached hydrogens (tertiary/aromatic N) is 2. The highest BCUT2D eigenvalue weighted by Crippen LogP contribution is 2.32. The van der Waals surface area contributed by atoms with Crippen LogP contribution < -0.4 is 0 Å². The lowest BCUT2D eigenvalue weighted by molar-refractivity contribution is 0.162. The van der Waals surface area contributed by atoms with Gasteiger partial charge in [-0.05, 0) is 24.3 Å². The summed E-state index contributed by atoms with van der Waals surface area (Å²) in [6.45, 7) is 0. The molecule has 0 radical (unpaired) electrons. The first kappa shape index (κ1) is 14.5. The highest BCUT2D eigenvalue weighted by atomic mass is 79.9. The molecule has 0 spiro atoms. The Balaban J connectivity index is 1.96. The van der Waals surface area contributed by atoms with E-state index in [2.05, 4.69) is 42.1 Å². The van der Waals surface area contributed by atoms with Crippen LogP contribution in [0.5, 0.6) is 0 Å². The first-order chi connectivity index (χ1) is 9.98. The minimum atomic E-state index is -3.21. The van der Waals surface area contributed by atoms with Crippen LogP contribution in [-0.2, 0) is 0 Å². The Morgan fingerprint density at radius 3 is 1.33 bits per heavy atom. The molecule has 1 aliphatic heterocycles. The minimum Gasteiger partial charge on any atom is -0.192 e. The highest BCUT2D eigenvalue weighted by Gasteiger charge is 2.47. The molecule has 2 aromatic carbocycles. The van der Waals surface area contributed by atoms with Crippen molar-refractivity contribution in [1.82, 2.24) is 0 Å². The van der Waals surface area contributed by atoms with E-state index in [4.69, 9.17) is 0 Å². The molecular formula is C15H8Br2F2N2. The fourth-order valence-corrected chi connectivity index (χ4v) is 2.56. The highest BCUT2D eigenvalue weighted by molar-refractivity contribution is 9.10. The van der Waals surface area contributed by atoms with Crippen LogP contribution in [0.15, 0.2) is 67.7 Å². The van der Waals surface area contributed by atoms with Crippen LogP contribution in [0.2, 0.25) is 0 Å². The molecule has 1 aliphatic rings.